The second-order valence-electron chi connectivity index (χ2n) is 2.57. The molecule has 1 aromatic rings. The van der Waals surface area contributed by atoms with Gasteiger partial charge in [-0.1, -0.05) is 0 Å². The molecule has 0 spiro atoms. The quantitative estimate of drug-likeness (QED) is 0.654. The standard InChI is InChI=1S/C8H4N4S/c1-2-10-7-5(1)11-8(12-7)6-3-9-4-13-6/h1-4H. The molecule has 0 amide bonds. The van der Waals surface area contributed by atoms with Gasteiger partial charge in [-0.05, 0) is 6.08 Å². The number of hydrogen-bond acceptors (Lipinski definition) is 5. The Hall–Kier alpha value is -1.62. The van der Waals surface area contributed by atoms with Crippen molar-refractivity contribution in [3.63, 3.8) is 0 Å². The highest BCUT2D eigenvalue weighted by Gasteiger charge is 2.19. The van der Waals surface area contributed by atoms with E-state index in [1.165, 1.54) is 11.3 Å². The van der Waals surface area contributed by atoms with Crippen LogP contribution in [0.1, 0.15) is 4.88 Å². The number of hydrogen-bond donors (Lipinski definition) is 0. The van der Waals surface area contributed by atoms with E-state index in [4.69, 9.17) is 0 Å². The van der Waals surface area contributed by atoms with E-state index in [0.717, 1.165) is 16.4 Å². The molecule has 0 unspecified atom stereocenters. The second-order valence-corrected chi connectivity index (χ2v) is 3.45. The van der Waals surface area contributed by atoms with E-state index in [2.05, 4.69) is 20.0 Å². The minimum Gasteiger partial charge on any atom is -0.252 e. The normalized spacial score (nSPS) is 18.3. The highest BCUT2D eigenvalue weighted by molar-refractivity contribution is 7.11. The van der Waals surface area contributed by atoms with Gasteiger partial charge >= 0.3 is 0 Å². The molecule has 2 aliphatic heterocycles. The van der Waals surface area contributed by atoms with Crippen molar-refractivity contribution in [2.75, 3.05) is 0 Å². The Bertz CT molecular complexity index is 464. The fourth-order valence-corrected chi connectivity index (χ4v) is 1.72. The first kappa shape index (κ1) is 6.85. The number of aliphatic imine (C=N–C) groups is 3. The summed E-state index contributed by atoms with van der Waals surface area (Å²) in [6.45, 7) is 0. The Balaban J connectivity index is 2.07. The molecule has 0 aliphatic carbocycles. The highest BCUT2D eigenvalue weighted by atomic mass is 32.1. The molecule has 0 fully saturated rings. The van der Waals surface area contributed by atoms with Crippen LogP contribution in [0.4, 0.5) is 0 Å². The van der Waals surface area contributed by atoms with Gasteiger partial charge in [0.25, 0.3) is 0 Å². The highest BCUT2D eigenvalue weighted by Crippen LogP contribution is 2.15. The molecular weight excluding hydrogens is 184 g/mol. The lowest BCUT2D eigenvalue weighted by atomic mass is 10.4. The summed E-state index contributed by atoms with van der Waals surface area (Å²) in [4.78, 5) is 17.6. The molecule has 0 N–H and O–H groups in total. The van der Waals surface area contributed by atoms with Gasteiger partial charge in [-0.2, -0.15) is 0 Å². The molecule has 3 heterocycles. The summed E-state index contributed by atoms with van der Waals surface area (Å²) in [6.07, 6.45) is 5.33. The number of amidine groups is 2. The molecule has 0 saturated heterocycles. The maximum atomic E-state index is 4.31. The summed E-state index contributed by atoms with van der Waals surface area (Å²) < 4.78 is 0. The largest absolute Gasteiger partial charge is 0.252 e. The molecule has 62 valence electrons. The molecular formula is C8H4N4S. The van der Waals surface area contributed by atoms with Gasteiger partial charge in [0.05, 0.1) is 10.4 Å². The monoisotopic (exact) mass is 188 g/mol. The summed E-state index contributed by atoms with van der Waals surface area (Å²) in [5.41, 5.74) is 2.62. The van der Waals surface area contributed by atoms with Crippen molar-refractivity contribution < 1.29 is 0 Å². The zero-order valence-electron chi connectivity index (χ0n) is 6.51. The zero-order chi connectivity index (χ0) is 8.67. The van der Waals surface area contributed by atoms with E-state index in [0.29, 0.717) is 5.84 Å². The third-order valence-electron chi connectivity index (χ3n) is 1.75. The minimum atomic E-state index is 0.711. The van der Waals surface area contributed by atoms with Crippen LogP contribution >= 0.6 is 11.3 Å². The van der Waals surface area contributed by atoms with Crippen LogP contribution in [0.25, 0.3) is 0 Å². The molecule has 2 aliphatic rings. The second kappa shape index (κ2) is 2.43. The van der Waals surface area contributed by atoms with Crippen LogP contribution in [-0.4, -0.2) is 22.4 Å². The maximum Gasteiger partial charge on any atom is 0.180 e. The van der Waals surface area contributed by atoms with Crippen LogP contribution in [-0.2, 0) is 0 Å². The number of thiazole rings is 1. The first-order chi connectivity index (χ1) is 6.43. The Morgan fingerprint density at radius 1 is 1.15 bits per heavy atom. The van der Waals surface area contributed by atoms with E-state index < -0.39 is 0 Å². The summed E-state index contributed by atoms with van der Waals surface area (Å²) in [7, 11) is 0. The third-order valence-corrected chi connectivity index (χ3v) is 2.52. The molecule has 0 saturated carbocycles. The van der Waals surface area contributed by atoms with Gasteiger partial charge in [0, 0.05) is 12.4 Å². The maximum absolute atomic E-state index is 4.31. The van der Waals surface area contributed by atoms with Crippen molar-refractivity contribution in [2.45, 2.75) is 0 Å². The van der Waals surface area contributed by atoms with Crippen LogP contribution in [0.3, 0.4) is 0 Å². The molecule has 13 heavy (non-hydrogen) atoms. The molecule has 4 nitrogen and oxygen atoms in total. The average Bonchev–Trinajstić information content (AvgIpc) is 2.78. The predicted octanol–water partition coefficient (Wildman–Crippen LogP) is 1.27. The predicted molar refractivity (Wildman–Crippen MR) is 52.7 cm³/mol. The fraction of sp³-hybridized carbons (Fsp3) is 0. The van der Waals surface area contributed by atoms with Crippen LogP contribution in [0, 0.1) is 0 Å². The summed E-state index contributed by atoms with van der Waals surface area (Å²) >= 11 is 1.53. The lowest BCUT2D eigenvalue weighted by Crippen LogP contribution is -1.98. The first-order valence-corrected chi connectivity index (χ1v) is 4.62. The van der Waals surface area contributed by atoms with Crippen LogP contribution in [0.5, 0.6) is 0 Å². The number of aromatic nitrogens is 1. The van der Waals surface area contributed by atoms with Crippen molar-refractivity contribution in [3.05, 3.63) is 28.9 Å². The Morgan fingerprint density at radius 2 is 2.15 bits per heavy atom. The molecule has 5 heteroatoms. The van der Waals surface area contributed by atoms with Crippen molar-refractivity contribution in [2.24, 2.45) is 15.0 Å². The first-order valence-electron chi connectivity index (χ1n) is 3.74. The van der Waals surface area contributed by atoms with E-state index >= 15 is 0 Å². The number of fused-ring (bicyclic) bond motifs is 1. The Labute approximate surface area is 78.1 Å². The Morgan fingerprint density at radius 3 is 2.92 bits per heavy atom. The SMILES string of the molecule is C1=CC2=NC(c3cncs3)=NC2=N1. The minimum absolute atomic E-state index is 0.711. The molecule has 0 bridgehead atoms. The van der Waals surface area contributed by atoms with E-state index in [-0.39, 0.29) is 0 Å². The smallest absolute Gasteiger partial charge is 0.180 e. The van der Waals surface area contributed by atoms with Crippen LogP contribution < -0.4 is 0 Å². The van der Waals surface area contributed by atoms with E-state index in [1.807, 2.05) is 6.08 Å². The van der Waals surface area contributed by atoms with E-state index in [9.17, 15) is 0 Å². The molecule has 1 aromatic heterocycles. The molecule has 0 radical (unpaired) electrons. The lowest BCUT2D eigenvalue weighted by Gasteiger charge is -1.86. The topological polar surface area (TPSA) is 50.0 Å². The number of nitrogens with zero attached hydrogens (tertiary/aromatic N) is 4. The lowest BCUT2D eigenvalue weighted by molar-refractivity contribution is 1.41. The molecule has 3 rings (SSSR count). The fourth-order valence-electron chi connectivity index (χ4n) is 1.17. The summed E-state index contributed by atoms with van der Waals surface area (Å²) in [5, 5.41) is 0. The van der Waals surface area contributed by atoms with Gasteiger partial charge in [0.15, 0.2) is 11.7 Å². The van der Waals surface area contributed by atoms with Crippen molar-refractivity contribution in [3.8, 4) is 0 Å². The van der Waals surface area contributed by atoms with Crippen LogP contribution in [0.2, 0.25) is 0 Å². The Kier molecular flexibility index (Phi) is 1.28. The van der Waals surface area contributed by atoms with Crippen molar-refractivity contribution >= 4 is 28.7 Å². The van der Waals surface area contributed by atoms with Gasteiger partial charge in [-0.15, -0.1) is 11.3 Å². The van der Waals surface area contributed by atoms with Gasteiger partial charge in [0.2, 0.25) is 0 Å². The summed E-state index contributed by atoms with van der Waals surface area (Å²) in [6, 6.07) is 0. The van der Waals surface area contributed by atoms with Crippen molar-refractivity contribution in [1.82, 2.24) is 4.98 Å². The van der Waals surface area contributed by atoms with Crippen molar-refractivity contribution in [1.29, 1.82) is 0 Å². The van der Waals surface area contributed by atoms with Gasteiger partial charge in [-0.25, -0.2) is 15.0 Å². The van der Waals surface area contributed by atoms with Gasteiger partial charge < -0.3 is 0 Å². The van der Waals surface area contributed by atoms with E-state index in [1.54, 1.807) is 17.9 Å². The zero-order valence-corrected chi connectivity index (χ0v) is 7.32. The average molecular weight is 188 g/mol. The van der Waals surface area contributed by atoms with Gasteiger partial charge in [0.1, 0.15) is 5.71 Å². The number of rotatable bonds is 1. The molecule has 0 atom stereocenters. The summed E-state index contributed by atoms with van der Waals surface area (Å²) in [5.74, 6) is 1.43. The molecule has 0 aromatic carbocycles. The van der Waals surface area contributed by atoms with Gasteiger partial charge in [-0.3, -0.25) is 4.98 Å². The van der Waals surface area contributed by atoms with Crippen LogP contribution in [0.15, 0.2) is 39.0 Å². The third kappa shape index (κ3) is 0.972.